The first-order valence-electron chi connectivity index (χ1n) is 10.1. The molecule has 2 aromatic rings. The van der Waals surface area contributed by atoms with E-state index in [1.54, 1.807) is 4.90 Å². The summed E-state index contributed by atoms with van der Waals surface area (Å²) in [6.45, 7) is 7.62. The third kappa shape index (κ3) is 4.87. The minimum absolute atomic E-state index is 0.0805. The second kappa shape index (κ2) is 8.67. The Morgan fingerprint density at radius 1 is 1.28 bits per heavy atom. The van der Waals surface area contributed by atoms with E-state index < -0.39 is 9.84 Å². The second-order valence-electron chi connectivity index (χ2n) is 7.94. The van der Waals surface area contributed by atoms with Gasteiger partial charge in [0.15, 0.2) is 16.4 Å². The number of carbonyl (C=O) groups excluding carboxylic acids is 1. The highest BCUT2D eigenvalue weighted by molar-refractivity contribution is 7.91. The van der Waals surface area contributed by atoms with Crippen LogP contribution in [0.25, 0.3) is 0 Å². The van der Waals surface area contributed by atoms with E-state index in [2.05, 4.69) is 5.10 Å². The largest absolute Gasteiger partial charge is 0.326 e. The van der Waals surface area contributed by atoms with E-state index in [0.717, 1.165) is 27.5 Å². The fraction of sp³-hybridized carbons (Fsp3) is 0.524. The van der Waals surface area contributed by atoms with Crippen molar-refractivity contribution in [3.63, 3.8) is 0 Å². The van der Waals surface area contributed by atoms with E-state index in [0.29, 0.717) is 26.1 Å². The van der Waals surface area contributed by atoms with Crippen LogP contribution in [0.15, 0.2) is 30.3 Å². The Morgan fingerprint density at radius 3 is 2.55 bits per heavy atom. The minimum Gasteiger partial charge on any atom is -0.326 e. The van der Waals surface area contributed by atoms with Gasteiger partial charge < -0.3 is 9.80 Å². The summed E-state index contributed by atoms with van der Waals surface area (Å²) in [5.41, 5.74) is 3.93. The fourth-order valence-corrected chi connectivity index (χ4v) is 5.80. The number of quaternary nitrogens is 1. The Balaban J connectivity index is 1.69. The summed E-state index contributed by atoms with van der Waals surface area (Å²) in [6, 6.07) is 9.63. The highest BCUT2D eigenvalue weighted by Crippen LogP contribution is 2.26. The van der Waals surface area contributed by atoms with Crippen LogP contribution in [-0.4, -0.2) is 55.7 Å². The zero-order valence-electron chi connectivity index (χ0n) is 17.7. The molecule has 3 rings (SSSR count). The summed E-state index contributed by atoms with van der Waals surface area (Å²) in [7, 11) is -0.951. The number of amides is 1. The third-order valence-corrected chi connectivity index (χ3v) is 7.40. The van der Waals surface area contributed by atoms with E-state index in [-0.39, 0.29) is 23.5 Å². The van der Waals surface area contributed by atoms with Crippen LogP contribution >= 0.6 is 0 Å². The topological polar surface area (TPSA) is 76.7 Å². The van der Waals surface area contributed by atoms with Crippen molar-refractivity contribution in [2.45, 2.75) is 39.8 Å². The first-order valence-corrected chi connectivity index (χ1v) is 12.0. The van der Waals surface area contributed by atoms with Crippen molar-refractivity contribution in [1.29, 1.82) is 0 Å². The lowest BCUT2D eigenvalue weighted by atomic mass is 10.1. The number of carbonyl (C=O) groups is 1. The van der Waals surface area contributed by atoms with Crippen molar-refractivity contribution in [3.8, 4) is 0 Å². The van der Waals surface area contributed by atoms with Crippen LogP contribution in [0.5, 0.6) is 0 Å². The molecule has 0 spiro atoms. The molecule has 2 atom stereocenters. The number of nitrogens with zero attached hydrogens (tertiary/aromatic N) is 3. The maximum Gasteiger partial charge on any atom is 0.282 e. The molecule has 8 heteroatoms. The summed E-state index contributed by atoms with van der Waals surface area (Å²) < 4.78 is 25.6. The number of aromatic nitrogens is 2. The Kier molecular flexibility index (Phi) is 6.43. The SMILES string of the molecule is CCN(C(=O)C[NH+](C)Cc1c(C)nn([C@@H]2CCS(=O)(=O)C2)c1C)c1ccccc1. The lowest BCUT2D eigenvalue weighted by Gasteiger charge is -2.23. The zero-order valence-corrected chi connectivity index (χ0v) is 18.5. The van der Waals surface area contributed by atoms with E-state index in [1.807, 2.05) is 62.8 Å². The number of sulfone groups is 1. The van der Waals surface area contributed by atoms with Gasteiger partial charge in [-0.05, 0) is 39.3 Å². The van der Waals surface area contributed by atoms with Crippen LogP contribution in [0.3, 0.4) is 0 Å². The molecule has 0 radical (unpaired) electrons. The number of aryl methyl sites for hydroxylation is 1. The van der Waals surface area contributed by atoms with Crippen molar-refractivity contribution >= 4 is 21.4 Å². The highest BCUT2D eigenvalue weighted by Gasteiger charge is 2.32. The van der Waals surface area contributed by atoms with E-state index in [1.165, 1.54) is 0 Å². The minimum atomic E-state index is -2.96. The van der Waals surface area contributed by atoms with Crippen LogP contribution in [0.2, 0.25) is 0 Å². The lowest BCUT2D eigenvalue weighted by Crippen LogP contribution is -3.09. The fourth-order valence-electron chi connectivity index (χ4n) is 4.11. The molecule has 1 aliphatic rings. The van der Waals surface area contributed by atoms with Gasteiger partial charge >= 0.3 is 0 Å². The van der Waals surface area contributed by atoms with Crippen LogP contribution < -0.4 is 9.80 Å². The van der Waals surface area contributed by atoms with E-state index in [4.69, 9.17) is 0 Å². The summed E-state index contributed by atoms with van der Waals surface area (Å²) >= 11 is 0. The summed E-state index contributed by atoms with van der Waals surface area (Å²) in [5, 5.41) is 4.63. The Hall–Kier alpha value is -2.19. The lowest BCUT2D eigenvalue weighted by molar-refractivity contribution is -0.885. The smallest absolute Gasteiger partial charge is 0.282 e. The van der Waals surface area contributed by atoms with E-state index >= 15 is 0 Å². The van der Waals surface area contributed by atoms with Gasteiger partial charge in [-0.15, -0.1) is 0 Å². The quantitative estimate of drug-likeness (QED) is 0.724. The molecule has 1 aliphatic heterocycles. The van der Waals surface area contributed by atoms with Crippen molar-refractivity contribution < 1.29 is 18.1 Å². The number of anilines is 1. The van der Waals surface area contributed by atoms with Gasteiger partial charge in [-0.25, -0.2) is 8.42 Å². The van der Waals surface area contributed by atoms with Gasteiger partial charge in [0, 0.05) is 17.9 Å². The number of likely N-dealkylation sites (N-methyl/N-ethyl adjacent to an activating group) is 2. The predicted octanol–water partition coefficient (Wildman–Crippen LogP) is 0.927. The van der Waals surface area contributed by atoms with Gasteiger partial charge in [0.25, 0.3) is 5.91 Å². The second-order valence-corrected chi connectivity index (χ2v) is 10.2. The number of para-hydroxylation sites is 1. The molecule has 29 heavy (non-hydrogen) atoms. The zero-order chi connectivity index (χ0) is 21.2. The first-order chi connectivity index (χ1) is 13.7. The molecular formula is C21H31N4O3S+. The highest BCUT2D eigenvalue weighted by atomic mass is 32.2. The van der Waals surface area contributed by atoms with Crippen molar-refractivity contribution in [3.05, 3.63) is 47.3 Å². The van der Waals surface area contributed by atoms with E-state index in [9.17, 15) is 13.2 Å². The molecule has 0 aliphatic carbocycles. The molecule has 1 fully saturated rings. The van der Waals surface area contributed by atoms with Crippen molar-refractivity contribution in [1.82, 2.24) is 9.78 Å². The third-order valence-electron chi connectivity index (χ3n) is 5.65. The molecule has 0 bridgehead atoms. The molecular weight excluding hydrogens is 388 g/mol. The normalized spacial score (nSPS) is 19.2. The monoisotopic (exact) mass is 419 g/mol. The first kappa shape index (κ1) is 21.5. The van der Waals surface area contributed by atoms with Gasteiger partial charge in [0.05, 0.1) is 35.9 Å². The molecule has 1 aromatic carbocycles. The summed E-state index contributed by atoms with van der Waals surface area (Å²) in [6.07, 6.45) is 0.619. The average Bonchev–Trinajstić information content (AvgIpc) is 3.16. The maximum absolute atomic E-state index is 12.8. The molecule has 1 unspecified atom stereocenters. The molecule has 1 saturated heterocycles. The predicted molar refractivity (Wildman–Crippen MR) is 114 cm³/mol. The number of hydrogen-bond acceptors (Lipinski definition) is 4. The summed E-state index contributed by atoms with van der Waals surface area (Å²) in [5.74, 6) is 0.482. The molecule has 2 heterocycles. The number of rotatable bonds is 7. The summed E-state index contributed by atoms with van der Waals surface area (Å²) in [4.78, 5) is 15.7. The van der Waals surface area contributed by atoms with Gasteiger partial charge in [0.1, 0.15) is 6.54 Å². The van der Waals surface area contributed by atoms with Gasteiger partial charge in [-0.1, -0.05) is 18.2 Å². The van der Waals surface area contributed by atoms with Gasteiger partial charge in [-0.3, -0.25) is 9.48 Å². The Morgan fingerprint density at radius 2 is 1.97 bits per heavy atom. The van der Waals surface area contributed by atoms with Crippen LogP contribution in [-0.2, 0) is 21.2 Å². The molecule has 7 nitrogen and oxygen atoms in total. The van der Waals surface area contributed by atoms with Crippen molar-refractivity contribution in [2.75, 3.05) is 36.5 Å². The average molecular weight is 420 g/mol. The standard InChI is InChI=1S/C21H30N4O3S/c1-5-24(18-9-7-6-8-10-18)21(26)14-23(4)13-20-16(2)22-25(17(20)3)19-11-12-29(27,28)15-19/h6-10,19H,5,11-15H2,1-4H3/p+1/t19-/m1/s1. The maximum atomic E-state index is 12.8. The molecule has 1 N–H and O–H groups in total. The number of hydrogen-bond donors (Lipinski definition) is 1. The molecule has 1 amide bonds. The molecule has 158 valence electrons. The number of nitrogens with one attached hydrogen (secondary N) is 1. The van der Waals surface area contributed by atoms with Gasteiger partial charge in [0.2, 0.25) is 0 Å². The Bertz CT molecular complexity index is 969. The van der Waals surface area contributed by atoms with Crippen LogP contribution in [0.4, 0.5) is 5.69 Å². The molecule has 1 aromatic heterocycles. The van der Waals surface area contributed by atoms with Gasteiger partial charge in [-0.2, -0.15) is 5.10 Å². The Labute approximate surface area is 173 Å². The van der Waals surface area contributed by atoms with Crippen LogP contribution in [0.1, 0.15) is 36.3 Å². The molecule has 0 saturated carbocycles. The van der Waals surface area contributed by atoms with Crippen molar-refractivity contribution in [2.24, 2.45) is 0 Å². The van der Waals surface area contributed by atoms with Crippen LogP contribution in [0, 0.1) is 13.8 Å². The number of benzene rings is 1.